The zero-order valence-corrected chi connectivity index (χ0v) is 6.62. The number of nitrogens with zero attached hydrogens (tertiary/aromatic N) is 1. The fourth-order valence-electron chi connectivity index (χ4n) is 0.877. The van der Waals surface area contributed by atoms with Gasteiger partial charge in [-0.2, -0.15) is 0 Å². The fourth-order valence-corrected chi connectivity index (χ4v) is 1.27. The number of hydrogen-bond donors (Lipinski definition) is 1. The topological polar surface area (TPSA) is 15.3 Å². The summed E-state index contributed by atoms with van der Waals surface area (Å²) in [7, 11) is 0. The number of nitrogens with one attached hydrogen (secondary N) is 1. The van der Waals surface area contributed by atoms with Crippen LogP contribution in [-0.2, 0) is 0 Å². The number of halogens is 2. The highest BCUT2D eigenvalue weighted by atomic mass is 35.5. The van der Waals surface area contributed by atoms with Crippen molar-refractivity contribution >= 4 is 23.2 Å². The van der Waals surface area contributed by atoms with Gasteiger partial charge in [-0.05, 0) is 0 Å². The molecule has 0 aromatic carbocycles. The van der Waals surface area contributed by atoms with E-state index in [2.05, 4.69) is 5.32 Å². The molecule has 0 aromatic rings. The Morgan fingerprint density at radius 3 is 2.11 bits per heavy atom. The van der Waals surface area contributed by atoms with Gasteiger partial charge >= 0.3 is 0 Å². The number of rotatable bonds is 1. The van der Waals surface area contributed by atoms with Crippen LogP contribution in [0.5, 0.6) is 0 Å². The first-order chi connectivity index (χ1) is 4.30. The average molecular weight is 169 g/mol. The smallest absolute Gasteiger partial charge is 0.160 e. The van der Waals surface area contributed by atoms with E-state index in [0.717, 1.165) is 26.2 Å². The van der Waals surface area contributed by atoms with Crippen LogP contribution in [-0.4, -0.2) is 36.0 Å². The van der Waals surface area contributed by atoms with Gasteiger partial charge < -0.3 is 5.32 Å². The van der Waals surface area contributed by atoms with Gasteiger partial charge in [0.1, 0.15) is 0 Å². The molecule has 4 heteroatoms. The monoisotopic (exact) mass is 168 g/mol. The molecule has 54 valence electrons. The van der Waals surface area contributed by atoms with Crippen molar-refractivity contribution in [2.24, 2.45) is 0 Å². The van der Waals surface area contributed by atoms with Crippen LogP contribution in [0.15, 0.2) is 0 Å². The summed E-state index contributed by atoms with van der Waals surface area (Å²) < 4.78 is 0. The molecule has 1 heterocycles. The van der Waals surface area contributed by atoms with Crippen molar-refractivity contribution in [2.75, 3.05) is 26.2 Å². The van der Waals surface area contributed by atoms with Crippen LogP contribution in [0.1, 0.15) is 0 Å². The van der Waals surface area contributed by atoms with E-state index < -0.39 is 0 Å². The van der Waals surface area contributed by atoms with Crippen molar-refractivity contribution in [3.05, 3.63) is 0 Å². The lowest BCUT2D eigenvalue weighted by atomic mass is 10.4. The van der Waals surface area contributed by atoms with E-state index in [1.54, 1.807) is 0 Å². The lowest BCUT2D eigenvalue weighted by Gasteiger charge is -2.27. The minimum atomic E-state index is -0.327. The van der Waals surface area contributed by atoms with Gasteiger partial charge in [0.15, 0.2) is 4.96 Å². The van der Waals surface area contributed by atoms with E-state index >= 15 is 0 Å². The minimum absolute atomic E-state index is 0.327. The third kappa shape index (κ3) is 2.30. The van der Waals surface area contributed by atoms with Crippen molar-refractivity contribution in [3.63, 3.8) is 0 Å². The zero-order valence-electron chi connectivity index (χ0n) is 5.11. The first-order valence-electron chi connectivity index (χ1n) is 3.03. The van der Waals surface area contributed by atoms with Crippen molar-refractivity contribution < 1.29 is 0 Å². The summed E-state index contributed by atoms with van der Waals surface area (Å²) in [6.07, 6.45) is 0. The summed E-state index contributed by atoms with van der Waals surface area (Å²) in [6, 6.07) is 0. The van der Waals surface area contributed by atoms with Crippen molar-refractivity contribution in [1.29, 1.82) is 0 Å². The lowest BCUT2D eigenvalue weighted by Crippen LogP contribution is -2.45. The molecular formula is C5H10Cl2N2. The third-order valence-electron chi connectivity index (χ3n) is 1.43. The Balaban J connectivity index is 2.23. The summed E-state index contributed by atoms with van der Waals surface area (Å²) in [4.78, 5) is 1.70. The van der Waals surface area contributed by atoms with E-state index in [0.29, 0.717) is 0 Å². The molecule has 9 heavy (non-hydrogen) atoms. The van der Waals surface area contributed by atoms with E-state index in [1.807, 2.05) is 4.90 Å². The molecule has 0 atom stereocenters. The Morgan fingerprint density at radius 2 is 1.78 bits per heavy atom. The third-order valence-corrected chi connectivity index (χ3v) is 1.98. The second-order valence-corrected chi connectivity index (χ2v) is 3.11. The van der Waals surface area contributed by atoms with Crippen molar-refractivity contribution in [2.45, 2.75) is 4.96 Å². The van der Waals surface area contributed by atoms with Crippen LogP contribution in [0, 0.1) is 0 Å². The number of piperazine rings is 1. The van der Waals surface area contributed by atoms with Gasteiger partial charge in [0.05, 0.1) is 0 Å². The van der Waals surface area contributed by atoms with Gasteiger partial charge in [-0.25, -0.2) is 0 Å². The molecule has 1 saturated heterocycles. The summed E-state index contributed by atoms with van der Waals surface area (Å²) in [5.41, 5.74) is 0. The van der Waals surface area contributed by atoms with E-state index in [9.17, 15) is 0 Å². The molecule has 0 radical (unpaired) electrons. The molecule has 0 aromatic heterocycles. The molecule has 0 bridgehead atoms. The van der Waals surface area contributed by atoms with Gasteiger partial charge in [0.2, 0.25) is 0 Å². The fraction of sp³-hybridized carbons (Fsp3) is 1.00. The van der Waals surface area contributed by atoms with Crippen LogP contribution in [0.4, 0.5) is 0 Å². The molecule has 0 amide bonds. The molecule has 1 aliphatic heterocycles. The summed E-state index contributed by atoms with van der Waals surface area (Å²) in [5, 5.41) is 3.21. The Hall–Kier alpha value is 0.500. The average Bonchev–Trinajstić information content (AvgIpc) is 1.90. The maximum absolute atomic E-state index is 5.62. The SMILES string of the molecule is ClC(Cl)N1CCNCC1. The van der Waals surface area contributed by atoms with E-state index in [4.69, 9.17) is 23.2 Å². The van der Waals surface area contributed by atoms with Crippen molar-refractivity contribution in [1.82, 2.24) is 10.2 Å². The standard InChI is InChI=1S/C5H10Cl2N2/c6-5(7)9-3-1-8-2-4-9/h5,8H,1-4H2. The molecule has 1 aliphatic rings. The largest absolute Gasteiger partial charge is 0.314 e. The normalized spacial score (nSPS) is 23.0. The molecular weight excluding hydrogens is 159 g/mol. The Morgan fingerprint density at radius 1 is 1.22 bits per heavy atom. The van der Waals surface area contributed by atoms with Gasteiger partial charge in [0, 0.05) is 26.2 Å². The van der Waals surface area contributed by atoms with Crippen LogP contribution < -0.4 is 5.32 Å². The molecule has 2 nitrogen and oxygen atoms in total. The predicted octanol–water partition coefficient (Wildman–Crippen LogP) is 0.653. The first-order valence-corrected chi connectivity index (χ1v) is 3.91. The summed E-state index contributed by atoms with van der Waals surface area (Å²) >= 11 is 11.2. The van der Waals surface area contributed by atoms with Gasteiger partial charge in [-0.15, -0.1) is 0 Å². The summed E-state index contributed by atoms with van der Waals surface area (Å²) in [5.74, 6) is 0. The molecule has 0 spiro atoms. The predicted molar refractivity (Wildman–Crippen MR) is 39.9 cm³/mol. The first kappa shape index (κ1) is 7.61. The maximum Gasteiger partial charge on any atom is 0.160 e. The van der Waals surface area contributed by atoms with Gasteiger partial charge in [0.25, 0.3) is 0 Å². The highest BCUT2D eigenvalue weighted by Gasteiger charge is 2.14. The molecule has 0 saturated carbocycles. The van der Waals surface area contributed by atoms with E-state index in [1.165, 1.54) is 0 Å². The lowest BCUT2D eigenvalue weighted by molar-refractivity contribution is 0.259. The van der Waals surface area contributed by atoms with Crippen LogP contribution >= 0.6 is 23.2 Å². The highest BCUT2D eigenvalue weighted by molar-refractivity contribution is 6.43. The highest BCUT2D eigenvalue weighted by Crippen LogP contribution is 2.08. The Labute approximate surface area is 65.1 Å². The summed E-state index contributed by atoms with van der Waals surface area (Å²) in [6.45, 7) is 3.90. The van der Waals surface area contributed by atoms with Crippen LogP contribution in [0.3, 0.4) is 0 Å². The second-order valence-electron chi connectivity index (χ2n) is 2.06. The quantitative estimate of drug-likeness (QED) is 0.458. The van der Waals surface area contributed by atoms with Gasteiger partial charge in [-0.1, -0.05) is 23.2 Å². The van der Waals surface area contributed by atoms with Crippen LogP contribution in [0.25, 0.3) is 0 Å². The zero-order chi connectivity index (χ0) is 6.69. The molecule has 1 N–H and O–H groups in total. The molecule has 1 fully saturated rings. The number of hydrogen-bond acceptors (Lipinski definition) is 2. The Kier molecular flexibility index (Phi) is 3.06. The van der Waals surface area contributed by atoms with Crippen LogP contribution in [0.2, 0.25) is 0 Å². The van der Waals surface area contributed by atoms with E-state index in [-0.39, 0.29) is 4.96 Å². The van der Waals surface area contributed by atoms with Gasteiger partial charge in [-0.3, -0.25) is 4.90 Å². The molecule has 0 unspecified atom stereocenters. The minimum Gasteiger partial charge on any atom is -0.314 e. The maximum atomic E-state index is 5.62. The second kappa shape index (κ2) is 3.62. The molecule has 0 aliphatic carbocycles. The van der Waals surface area contributed by atoms with Crippen molar-refractivity contribution in [3.8, 4) is 0 Å². The molecule has 1 rings (SSSR count). The number of alkyl halides is 2. The Bertz CT molecular complexity index is 81.0.